The van der Waals surface area contributed by atoms with E-state index in [4.69, 9.17) is 14.2 Å². The van der Waals surface area contributed by atoms with Crippen LogP contribution in [0.5, 0.6) is 0 Å². The van der Waals surface area contributed by atoms with Crippen molar-refractivity contribution in [2.45, 2.75) is 121 Å². The molecule has 164 valence electrons. The van der Waals surface area contributed by atoms with Gasteiger partial charge >= 0.3 is 0 Å². The van der Waals surface area contributed by atoms with Gasteiger partial charge in [0.1, 0.15) is 6.10 Å². The minimum Gasteiger partial charge on any atom is -0.502 e. The molecule has 0 radical (unpaired) electrons. The molecule has 0 aromatic rings. The van der Waals surface area contributed by atoms with Crippen molar-refractivity contribution in [3.8, 4) is 0 Å². The number of ether oxygens (including phenoxy) is 3. The van der Waals surface area contributed by atoms with Gasteiger partial charge in [-0.15, -0.1) is 0 Å². The van der Waals surface area contributed by atoms with E-state index in [0.29, 0.717) is 6.10 Å². The topological polar surface area (TPSA) is 31.0 Å². The molecule has 2 aliphatic rings. The molecule has 28 heavy (non-hydrogen) atoms. The Balaban J connectivity index is 1.84. The van der Waals surface area contributed by atoms with Crippen LogP contribution in [0.3, 0.4) is 0 Å². The van der Waals surface area contributed by atoms with Gasteiger partial charge < -0.3 is 14.2 Å². The van der Waals surface area contributed by atoms with Crippen LogP contribution in [0.2, 0.25) is 0 Å². The zero-order chi connectivity index (χ0) is 19.9. The minimum atomic E-state index is 0.117. The van der Waals surface area contributed by atoms with Crippen molar-refractivity contribution in [3.63, 3.8) is 0 Å². The lowest BCUT2D eigenvalue weighted by molar-refractivity contribution is -0.114. The standard InChI is InChI=1S/C25H46O3/c1-3-5-6-13-18-25(28-22-24-21-27-24,23-16-11-10-12-17-23)19-14-8-7-9-15-20-26-4-2/h4,23-24H,2-3,5-22H2,1H3. The molecule has 0 bridgehead atoms. The second-order valence-electron chi connectivity index (χ2n) is 9.03. The highest BCUT2D eigenvalue weighted by Gasteiger charge is 2.40. The molecule has 3 heteroatoms. The molecule has 0 amide bonds. The number of rotatable bonds is 18. The van der Waals surface area contributed by atoms with Crippen LogP contribution in [0, 0.1) is 5.92 Å². The Morgan fingerprint density at radius 2 is 1.57 bits per heavy atom. The molecule has 1 saturated heterocycles. The fourth-order valence-electron chi connectivity index (χ4n) is 4.92. The lowest BCUT2D eigenvalue weighted by Crippen LogP contribution is -2.43. The van der Waals surface area contributed by atoms with Gasteiger partial charge in [-0.05, 0) is 38.0 Å². The molecule has 2 rings (SSSR count). The molecule has 0 spiro atoms. The zero-order valence-corrected chi connectivity index (χ0v) is 18.6. The van der Waals surface area contributed by atoms with Crippen molar-refractivity contribution in [3.05, 3.63) is 12.8 Å². The van der Waals surface area contributed by atoms with Crippen molar-refractivity contribution >= 4 is 0 Å². The van der Waals surface area contributed by atoms with Gasteiger partial charge in [0.2, 0.25) is 0 Å². The first-order valence-corrected chi connectivity index (χ1v) is 12.3. The number of unbranched alkanes of at least 4 members (excludes halogenated alkanes) is 7. The summed E-state index contributed by atoms with van der Waals surface area (Å²) in [5.74, 6) is 0.766. The number of hydrogen-bond donors (Lipinski definition) is 0. The van der Waals surface area contributed by atoms with Crippen molar-refractivity contribution in [1.82, 2.24) is 0 Å². The third kappa shape index (κ3) is 9.31. The summed E-state index contributed by atoms with van der Waals surface area (Å²) in [6.45, 7) is 8.45. The summed E-state index contributed by atoms with van der Waals surface area (Å²) in [6, 6.07) is 0. The molecular formula is C25H46O3. The van der Waals surface area contributed by atoms with E-state index in [9.17, 15) is 0 Å². The molecule has 2 atom stereocenters. The SMILES string of the molecule is C=COCCCCCCCC(CCCCCC)(OCC1CO1)C1CCCCC1. The highest BCUT2D eigenvalue weighted by Crippen LogP contribution is 2.42. The van der Waals surface area contributed by atoms with Crippen LogP contribution in [0.25, 0.3) is 0 Å². The van der Waals surface area contributed by atoms with Crippen LogP contribution in [0.15, 0.2) is 12.8 Å². The highest BCUT2D eigenvalue weighted by atomic mass is 16.6. The minimum absolute atomic E-state index is 0.117. The molecule has 1 aliphatic carbocycles. The molecule has 3 nitrogen and oxygen atoms in total. The van der Waals surface area contributed by atoms with E-state index in [2.05, 4.69) is 13.5 Å². The van der Waals surface area contributed by atoms with Crippen molar-refractivity contribution < 1.29 is 14.2 Å². The summed E-state index contributed by atoms with van der Waals surface area (Å²) >= 11 is 0. The Labute approximate surface area is 174 Å². The first-order chi connectivity index (χ1) is 13.8. The maximum Gasteiger partial charge on any atom is 0.104 e. The van der Waals surface area contributed by atoms with Gasteiger partial charge in [0.25, 0.3) is 0 Å². The van der Waals surface area contributed by atoms with E-state index in [0.717, 1.165) is 32.2 Å². The molecule has 2 unspecified atom stereocenters. The van der Waals surface area contributed by atoms with Crippen molar-refractivity contribution in [2.75, 3.05) is 19.8 Å². The molecule has 1 aliphatic heterocycles. The second-order valence-corrected chi connectivity index (χ2v) is 9.03. The fraction of sp³-hybridized carbons (Fsp3) is 0.920. The predicted octanol–water partition coefficient (Wildman–Crippen LogP) is 7.19. The predicted molar refractivity (Wildman–Crippen MR) is 118 cm³/mol. The Bertz CT molecular complexity index is 387. The van der Waals surface area contributed by atoms with E-state index in [1.807, 2.05) is 0 Å². The molecule has 1 saturated carbocycles. The Hall–Kier alpha value is -0.540. The van der Waals surface area contributed by atoms with E-state index in [1.165, 1.54) is 96.3 Å². The summed E-state index contributed by atoms with van der Waals surface area (Å²) in [5, 5.41) is 0. The number of hydrogen-bond acceptors (Lipinski definition) is 3. The smallest absolute Gasteiger partial charge is 0.104 e. The van der Waals surface area contributed by atoms with Gasteiger partial charge in [0.05, 0.1) is 31.7 Å². The van der Waals surface area contributed by atoms with Gasteiger partial charge in [-0.3, -0.25) is 0 Å². The van der Waals surface area contributed by atoms with Crippen molar-refractivity contribution in [1.29, 1.82) is 0 Å². The van der Waals surface area contributed by atoms with E-state index in [1.54, 1.807) is 6.26 Å². The first-order valence-electron chi connectivity index (χ1n) is 12.3. The number of epoxide rings is 1. The normalized spacial score (nSPS) is 22.0. The molecule has 0 aromatic carbocycles. The zero-order valence-electron chi connectivity index (χ0n) is 18.6. The third-order valence-electron chi connectivity index (χ3n) is 6.74. The fourth-order valence-corrected chi connectivity index (χ4v) is 4.92. The molecular weight excluding hydrogens is 348 g/mol. The lowest BCUT2D eigenvalue weighted by atomic mass is 9.71. The molecule has 1 heterocycles. The maximum atomic E-state index is 6.78. The van der Waals surface area contributed by atoms with Crippen LogP contribution in [0.4, 0.5) is 0 Å². The van der Waals surface area contributed by atoms with Crippen LogP contribution in [-0.2, 0) is 14.2 Å². The summed E-state index contributed by atoms with van der Waals surface area (Å²) in [5.41, 5.74) is 0.117. The van der Waals surface area contributed by atoms with Crippen LogP contribution in [-0.4, -0.2) is 31.5 Å². The average Bonchev–Trinajstić information content (AvgIpc) is 3.56. The van der Waals surface area contributed by atoms with Crippen LogP contribution in [0.1, 0.15) is 110 Å². The monoisotopic (exact) mass is 394 g/mol. The highest BCUT2D eigenvalue weighted by molar-refractivity contribution is 4.91. The van der Waals surface area contributed by atoms with E-state index >= 15 is 0 Å². The van der Waals surface area contributed by atoms with E-state index < -0.39 is 0 Å². The van der Waals surface area contributed by atoms with Gasteiger partial charge in [-0.25, -0.2) is 0 Å². The lowest BCUT2D eigenvalue weighted by Gasteiger charge is -2.43. The van der Waals surface area contributed by atoms with Gasteiger partial charge in [-0.2, -0.15) is 0 Å². The Morgan fingerprint density at radius 3 is 2.21 bits per heavy atom. The summed E-state index contributed by atoms with van der Waals surface area (Å²) in [6.07, 6.45) is 23.1. The molecule has 0 aromatic heterocycles. The van der Waals surface area contributed by atoms with Crippen LogP contribution >= 0.6 is 0 Å². The first kappa shape index (κ1) is 23.7. The third-order valence-corrected chi connectivity index (χ3v) is 6.74. The van der Waals surface area contributed by atoms with Gasteiger partial charge in [0.15, 0.2) is 0 Å². The Morgan fingerprint density at radius 1 is 0.929 bits per heavy atom. The van der Waals surface area contributed by atoms with Gasteiger partial charge in [0, 0.05) is 0 Å². The van der Waals surface area contributed by atoms with Crippen LogP contribution < -0.4 is 0 Å². The summed E-state index contributed by atoms with van der Waals surface area (Å²) in [7, 11) is 0. The second kappa shape index (κ2) is 14.4. The Kier molecular flexibility index (Phi) is 12.2. The largest absolute Gasteiger partial charge is 0.502 e. The summed E-state index contributed by atoms with van der Waals surface area (Å²) in [4.78, 5) is 0. The molecule has 0 N–H and O–H groups in total. The van der Waals surface area contributed by atoms with E-state index in [-0.39, 0.29) is 5.60 Å². The quantitative estimate of drug-likeness (QED) is 0.140. The maximum absolute atomic E-state index is 6.78. The molecule has 2 fully saturated rings. The van der Waals surface area contributed by atoms with Crippen molar-refractivity contribution in [2.24, 2.45) is 5.92 Å². The average molecular weight is 395 g/mol. The van der Waals surface area contributed by atoms with Gasteiger partial charge in [-0.1, -0.05) is 84.1 Å². The summed E-state index contributed by atoms with van der Waals surface area (Å²) < 4.78 is 17.5.